The number of benzene rings is 1. The lowest BCUT2D eigenvalue weighted by atomic mass is 10.2. The van der Waals surface area contributed by atoms with Crippen molar-refractivity contribution in [2.45, 2.75) is 6.92 Å². The van der Waals surface area contributed by atoms with Crippen LogP contribution in [-0.4, -0.2) is 22.6 Å². The molecule has 0 fully saturated rings. The van der Waals surface area contributed by atoms with Crippen molar-refractivity contribution >= 4 is 29.0 Å². The fraction of sp³-hybridized carbons (Fsp3) is 0.133. The summed E-state index contributed by atoms with van der Waals surface area (Å²) in [5, 5.41) is 14.3. The van der Waals surface area contributed by atoms with Crippen molar-refractivity contribution in [3.8, 4) is 0 Å². The molecule has 2 rings (SSSR count). The Labute approximate surface area is 128 Å². The van der Waals surface area contributed by atoms with Crippen LogP contribution < -0.4 is 10.6 Å². The van der Waals surface area contributed by atoms with Gasteiger partial charge in [-0.3, -0.25) is 4.79 Å². The van der Waals surface area contributed by atoms with Gasteiger partial charge >= 0.3 is 0 Å². The first-order valence-corrected chi connectivity index (χ1v) is 6.74. The van der Waals surface area contributed by atoms with Crippen molar-refractivity contribution in [1.82, 2.24) is 15.5 Å². The summed E-state index contributed by atoms with van der Waals surface area (Å²) in [6.07, 6.45) is 1.60. The van der Waals surface area contributed by atoms with Crippen molar-refractivity contribution in [3.63, 3.8) is 0 Å². The highest BCUT2D eigenvalue weighted by Gasteiger charge is 2.07. The number of hydrogen-bond donors (Lipinski definition) is 2. The smallest absolute Gasteiger partial charge is 0.272 e. The number of aromatic nitrogens is 2. The maximum atomic E-state index is 11.7. The number of anilines is 2. The maximum Gasteiger partial charge on any atom is 0.272 e. The molecule has 0 aliphatic heterocycles. The first-order chi connectivity index (χ1) is 10.1. The summed E-state index contributed by atoms with van der Waals surface area (Å²) in [6.45, 7) is 5.88. The molecule has 6 heteroatoms. The highest BCUT2D eigenvalue weighted by atomic mass is 35.5. The van der Waals surface area contributed by atoms with Crippen LogP contribution in [0.2, 0.25) is 5.02 Å². The van der Waals surface area contributed by atoms with Crippen LogP contribution >= 0.6 is 11.6 Å². The number of halogens is 1. The van der Waals surface area contributed by atoms with Gasteiger partial charge in [0.1, 0.15) is 0 Å². The van der Waals surface area contributed by atoms with Gasteiger partial charge in [0.05, 0.1) is 0 Å². The van der Waals surface area contributed by atoms with E-state index in [0.29, 0.717) is 17.4 Å². The van der Waals surface area contributed by atoms with Gasteiger partial charge in [0.2, 0.25) is 0 Å². The summed E-state index contributed by atoms with van der Waals surface area (Å²) in [5.41, 5.74) is 2.14. The minimum Gasteiger partial charge on any atom is -0.347 e. The Kier molecular flexibility index (Phi) is 4.90. The number of aryl methyl sites for hydroxylation is 1. The van der Waals surface area contributed by atoms with Crippen LogP contribution in [-0.2, 0) is 0 Å². The lowest BCUT2D eigenvalue weighted by molar-refractivity contribution is 0.0952. The van der Waals surface area contributed by atoms with Crippen molar-refractivity contribution in [1.29, 1.82) is 0 Å². The standard InChI is InChI=1S/C15H15ClN4O/c1-3-8-17-15(21)12-6-7-14(20-19-12)18-13-9-11(16)5-4-10(13)2/h3-7,9H,1,8H2,2H3,(H,17,21)(H,18,20). The van der Waals surface area contributed by atoms with Gasteiger partial charge in [0, 0.05) is 17.3 Å². The van der Waals surface area contributed by atoms with E-state index in [2.05, 4.69) is 27.4 Å². The second-order valence-electron chi connectivity index (χ2n) is 4.39. The van der Waals surface area contributed by atoms with Crippen molar-refractivity contribution < 1.29 is 4.79 Å². The molecular formula is C15H15ClN4O. The number of nitrogens with zero attached hydrogens (tertiary/aromatic N) is 2. The molecule has 5 nitrogen and oxygen atoms in total. The van der Waals surface area contributed by atoms with E-state index in [1.54, 1.807) is 18.2 Å². The minimum absolute atomic E-state index is 0.255. The van der Waals surface area contributed by atoms with E-state index in [-0.39, 0.29) is 11.6 Å². The molecule has 0 spiro atoms. The average molecular weight is 303 g/mol. The number of carbonyl (C=O) groups is 1. The van der Waals surface area contributed by atoms with Crippen LogP contribution in [0.1, 0.15) is 16.1 Å². The predicted octanol–water partition coefficient (Wildman–Crippen LogP) is 3.10. The van der Waals surface area contributed by atoms with E-state index in [1.807, 2.05) is 25.1 Å². The van der Waals surface area contributed by atoms with Gasteiger partial charge in [-0.25, -0.2) is 0 Å². The summed E-state index contributed by atoms with van der Waals surface area (Å²) >= 11 is 5.96. The van der Waals surface area contributed by atoms with Crippen LogP contribution in [0.15, 0.2) is 43.0 Å². The fourth-order valence-electron chi connectivity index (χ4n) is 1.64. The lowest BCUT2D eigenvalue weighted by Crippen LogP contribution is -2.24. The molecular weight excluding hydrogens is 288 g/mol. The molecule has 1 aromatic carbocycles. The van der Waals surface area contributed by atoms with Crippen LogP contribution in [0.3, 0.4) is 0 Å². The van der Waals surface area contributed by atoms with Crippen molar-refractivity contribution in [2.75, 3.05) is 11.9 Å². The summed E-state index contributed by atoms with van der Waals surface area (Å²) in [6, 6.07) is 8.84. The van der Waals surface area contributed by atoms with Crippen molar-refractivity contribution in [2.24, 2.45) is 0 Å². The normalized spacial score (nSPS) is 10.0. The number of hydrogen-bond acceptors (Lipinski definition) is 4. The van der Waals surface area contributed by atoms with Gasteiger partial charge in [-0.15, -0.1) is 16.8 Å². The highest BCUT2D eigenvalue weighted by Crippen LogP contribution is 2.22. The summed E-state index contributed by atoms with van der Waals surface area (Å²) in [4.78, 5) is 11.7. The second kappa shape index (κ2) is 6.85. The Morgan fingerprint density at radius 3 is 2.81 bits per heavy atom. The zero-order valence-corrected chi connectivity index (χ0v) is 12.3. The number of rotatable bonds is 5. The zero-order valence-electron chi connectivity index (χ0n) is 11.6. The number of carbonyl (C=O) groups excluding carboxylic acids is 1. The predicted molar refractivity (Wildman–Crippen MR) is 84.0 cm³/mol. The monoisotopic (exact) mass is 302 g/mol. The largest absolute Gasteiger partial charge is 0.347 e. The van der Waals surface area contributed by atoms with Crippen LogP contribution in [0.4, 0.5) is 11.5 Å². The lowest BCUT2D eigenvalue weighted by Gasteiger charge is -2.09. The Balaban J connectivity index is 2.10. The molecule has 0 unspecified atom stereocenters. The molecule has 0 radical (unpaired) electrons. The van der Waals surface area contributed by atoms with Gasteiger partial charge in [-0.2, -0.15) is 0 Å². The van der Waals surface area contributed by atoms with Gasteiger partial charge < -0.3 is 10.6 Å². The van der Waals surface area contributed by atoms with Gasteiger partial charge in [0.25, 0.3) is 5.91 Å². The van der Waals surface area contributed by atoms with Crippen LogP contribution in [0, 0.1) is 6.92 Å². The molecule has 0 aliphatic carbocycles. The van der Waals surface area contributed by atoms with E-state index in [9.17, 15) is 4.79 Å². The fourth-order valence-corrected chi connectivity index (χ4v) is 1.81. The van der Waals surface area contributed by atoms with E-state index < -0.39 is 0 Å². The Hall–Kier alpha value is -2.40. The maximum absolute atomic E-state index is 11.7. The molecule has 0 bridgehead atoms. The number of amides is 1. The van der Waals surface area contributed by atoms with Gasteiger partial charge in [-0.1, -0.05) is 23.7 Å². The topological polar surface area (TPSA) is 66.9 Å². The number of nitrogens with one attached hydrogen (secondary N) is 2. The average Bonchev–Trinajstić information content (AvgIpc) is 2.49. The molecule has 21 heavy (non-hydrogen) atoms. The molecule has 2 aromatic rings. The first-order valence-electron chi connectivity index (χ1n) is 6.36. The Morgan fingerprint density at radius 1 is 1.33 bits per heavy atom. The quantitative estimate of drug-likeness (QED) is 0.833. The third-order valence-electron chi connectivity index (χ3n) is 2.77. The van der Waals surface area contributed by atoms with E-state index in [1.165, 1.54) is 0 Å². The van der Waals surface area contributed by atoms with Crippen LogP contribution in [0.5, 0.6) is 0 Å². The van der Waals surface area contributed by atoms with Crippen molar-refractivity contribution in [3.05, 3.63) is 59.3 Å². The molecule has 1 heterocycles. The van der Waals surface area contributed by atoms with Gasteiger partial charge in [-0.05, 0) is 36.8 Å². The second-order valence-corrected chi connectivity index (χ2v) is 4.82. The minimum atomic E-state index is -0.284. The summed E-state index contributed by atoms with van der Waals surface area (Å²) in [7, 11) is 0. The zero-order chi connectivity index (χ0) is 15.2. The van der Waals surface area contributed by atoms with Crippen LogP contribution in [0.25, 0.3) is 0 Å². The molecule has 0 saturated carbocycles. The molecule has 1 amide bonds. The third-order valence-corrected chi connectivity index (χ3v) is 3.00. The van der Waals surface area contributed by atoms with E-state index >= 15 is 0 Å². The Bertz CT molecular complexity index is 655. The summed E-state index contributed by atoms with van der Waals surface area (Å²) in [5.74, 6) is 0.258. The summed E-state index contributed by atoms with van der Waals surface area (Å²) < 4.78 is 0. The third kappa shape index (κ3) is 4.03. The molecule has 1 aromatic heterocycles. The molecule has 0 aliphatic rings. The molecule has 0 atom stereocenters. The SMILES string of the molecule is C=CCNC(=O)c1ccc(Nc2cc(Cl)ccc2C)nn1. The van der Waals surface area contributed by atoms with E-state index in [4.69, 9.17) is 11.6 Å². The molecule has 2 N–H and O–H groups in total. The highest BCUT2D eigenvalue weighted by molar-refractivity contribution is 6.30. The Morgan fingerprint density at radius 2 is 2.14 bits per heavy atom. The van der Waals surface area contributed by atoms with Gasteiger partial charge in [0.15, 0.2) is 11.5 Å². The first kappa shape index (κ1) is 15.0. The molecule has 108 valence electrons. The molecule has 0 saturated heterocycles. The van der Waals surface area contributed by atoms with E-state index in [0.717, 1.165) is 11.3 Å².